The first kappa shape index (κ1) is 9.93. The summed E-state index contributed by atoms with van der Waals surface area (Å²) in [7, 11) is 0. The van der Waals surface area contributed by atoms with Crippen molar-refractivity contribution in [1.82, 2.24) is 14.8 Å². The van der Waals surface area contributed by atoms with Crippen LogP contribution < -0.4 is 0 Å². The number of aryl methyl sites for hydroxylation is 1. The largest absolute Gasteiger partial charge is 0.378 e. The molecule has 0 aliphatic carbocycles. The van der Waals surface area contributed by atoms with Crippen molar-refractivity contribution in [3.05, 3.63) is 11.1 Å². The maximum Gasteiger partial charge on any atom is 0.225 e. The first-order chi connectivity index (χ1) is 6.77. The molecule has 2 heterocycles. The summed E-state index contributed by atoms with van der Waals surface area (Å²) in [5.74, 6) is 0.869. The Morgan fingerprint density at radius 2 is 2.43 bits per heavy atom. The highest BCUT2D eigenvalue weighted by Gasteiger charge is 2.16. The minimum atomic E-state index is 0.396. The maximum atomic E-state index is 5.88. The van der Waals surface area contributed by atoms with E-state index in [2.05, 4.69) is 10.2 Å². The Hall–Kier alpha value is -0.610. The van der Waals surface area contributed by atoms with Gasteiger partial charge in [0.1, 0.15) is 5.82 Å². The number of nitrogens with zero attached hydrogens (tertiary/aromatic N) is 3. The van der Waals surface area contributed by atoms with Crippen molar-refractivity contribution in [2.45, 2.75) is 38.8 Å². The topological polar surface area (TPSA) is 39.9 Å². The molecule has 0 saturated carbocycles. The third kappa shape index (κ3) is 2.07. The summed E-state index contributed by atoms with van der Waals surface area (Å²) in [6, 6.07) is 0. The van der Waals surface area contributed by atoms with E-state index in [1.165, 1.54) is 12.8 Å². The van der Waals surface area contributed by atoms with Gasteiger partial charge in [-0.3, -0.25) is 0 Å². The first-order valence-corrected chi connectivity index (χ1v) is 5.32. The molecule has 0 aromatic carbocycles. The summed E-state index contributed by atoms with van der Waals surface area (Å²) in [4.78, 5) is 0. The lowest BCUT2D eigenvalue weighted by atomic mass is 10.2. The first-order valence-electron chi connectivity index (χ1n) is 4.94. The summed E-state index contributed by atoms with van der Waals surface area (Å²) in [5.41, 5.74) is 0. The van der Waals surface area contributed by atoms with Gasteiger partial charge in [-0.25, -0.2) is 0 Å². The summed E-state index contributed by atoms with van der Waals surface area (Å²) in [6.07, 6.45) is 3.74. The molecule has 4 nitrogen and oxygen atoms in total. The molecule has 2 rings (SSSR count). The molecule has 5 heteroatoms. The third-order valence-electron chi connectivity index (χ3n) is 2.59. The Balaban J connectivity index is 1.90. The minimum Gasteiger partial charge on any atom is -0.378 e. The van der Waals surface area contributed by atoms with Crippen LogP contribution in [0, 0.1) is 6.92 Å². The maximum absolute atomic E-state index is 5.88. The number of rotatable bonds is 3. The van der Waals surface area contributed by atoms with Crippen molar-refractivity contribution in [3.63, 3.8) is 0 Å². The van der Waals surface area contributed by atoms with E-state index in [4.69, 9.17) is 16.3 Å². The van der Waals surface area contributed by atoms with Crippen LogP contribution in [0.1, 0.15) is 25.1 Å². The summed E-state index contributed by atoms with van der Waals surface area (Å²) >= 11 is 5.88. The molecule has 1 aromatic heterocycles. The average Bonchev–Trinajstić information content (AvgIpc) is 2.76. The quantitative estimate of drug-likeness (QED) is 0.772. The van der Waals surface area contributed by atoms with Crippen molar-refractivity contribution in [1.29, 1.82) is 0 Å². The predicted molar refractivity (Wildman–Crippen MR) is 53.4 cm³/mol. The Morgan fingerprint density at radius 3 is 3.00 bits per heavy atom. The SMILES string of the molecule is Cc1nnc(Cl)n1CCC1CCCO1. The van der Waals surface area contributed by atoms with Crippen LogP contribution in [-0.2, 0) is 11.3 Å². The standard InChI is InChI=1S/C9H14ClN3O/c1-7-11-12-9(10)13(7)5-4-8-3-2-6-14-8/h8H,2-6H2,1H3. The van der Waals surface area contributed by atoms with Gasteiger partial charge >= 0.3 is 0 Å². The number of hydrogen-bond donors (Lipinski definition) is 0. The number of aromatic nitrogens is 3. The minimum absolute atomic E-state index is 0.396. The Labute approximate surface area is 88.2 Å². The Morgan fingerprint density at radius 1 is 1.57 bits per heavy atom. The van der Waals surface area contributed by atoms with Crippen LogP contribution in [0.4, 0.5) is 0 Å². The molecule has 0 spiro atoms. The Kier molecular flexibility index (Phi) is 3.03. The normalized spacial score (nSPS) is 21.7. The summed E-state index contributed by atoms with van der Waals surface area (Å²) < 4.78 is 7.45. The van der Waals surface area contributed by atoms with Crippen molar-refractivity contribution >= 4 is 11.6 Å². The molecule has 0 radical (unpaired) electrons. The van der Waals surface area contributed by atoms with Crippen LogP contribution in [-0.4, -0.2) is 27.5 Å². The molecule has 0 bridgehead atoms. The van der Waals surface area contributed by atoms with Gasteiger partial charge < -0.3 is 9.30 Å². The van der Waals surface area contributed by atoms with Crippen molar-refractivity contribution in [3.8, 4) is 0 Å². The molecule has 14 heavy (non-hydrogen) atoms. The fourth-order valence-corrected chi connectivity index (χ4v) is 2.00. The van der Waals surface area contributed by atoms with E-state index in [9.17, 15) is 0 Å². The van der Waals surface area contributed by atoms with E-state index < -0.39 is 0 Å². The zero-order valence-corrected chi connectivity index (χ0v) is 9.00. The molecule has 1 fully saturated rings. The van der Waals surface area contributed by atoms with Crippen molar-refractivity contribution in [2.24, 2.45) is 0 Å². The van der Waals surface area contributed by atoms with Crippen molar-refractivity contribution in [2.75, 3.05) is 6.61 Å². The molecule has 0 N–H and O–H groups in total. The van der Waals surface area contributed by atoms with Gasteiger partial charge in [0, 0.05) is 13.2 Å². The molecular weight excluding hydrogens is 202 g/mol. The lowest BCUT2D eigenvalue weighted by Gasteiger charge is -2.10. The van der Waals surface area contributed by atoms with Gasteiger partial charge in [0.25, 0.3) is 0 Å². The molecule has 1 aliphatic heterocycles. The number of hydrogen-bond acceptors (Lipinski definition) is 3. The summed E-state index contributed by atoms with van der Waals surface area (Å²) in [5, 5.41) is 8.17. The predicted octanol–water partition coefficient (Wildman–Crippen LogP) is 1.81. The monoisotopic (exact) mass is 215 g/mol. The third-order valence-corrected chi connectivity index (χ3v) is 2.87. The van der Waals surface area contributed by atoms with E-state index in [-0.39, 0.29) is 0 Å². The molecule has 1 aliphatic rings. The van der Waals surface area contributed by atoms with Crippen LogP contribution in [0.3, 0.4) is 0 Å². The fourth-order valence-electron chi connectivity index (χ4n) is 1.75. The zero-order valence-electron chi connectivity index (χ0n) is 8.24. The van der Waals surface area contributed by atoms with Gasteiger partial charge in [-0.05, 0) is 37.8 Å². The molecule has 1 atom stereocenters. The van der Waals surface area contributed by atoms with Crippen molar-refractivity contribution < 1.29 is 4.74 Å². The van der Waals surface area contributed by atoms with Gasteiger partial charge in [-0.1, -0.05) is 0 Å². The molecular formula is C9H14ClN3O. The van der Waals surface area contributed by atoms with E-state index >= 15 is 0 Å². The Bertz CT molecular complexity index is 288. The average molecular weight is 216 g/mol. The van der Waals surface area contributed by atoms with Gasteiger partial charge in [-0.2, -0.15) is 0 Å². The van der Waals surface area contributed by atoms with E-state index in [0.29, 0.717) is 11.4 Å². The van der Waals surface area contributed by atoms with Crippen LogP contribution in [0.5, 0.6) is 0 Å². The highest BCUT2D eigenvalue weighted by molar-refractivity contribution is 6.28. The number of halogens is 1. The molecule has 0 amide bonds. The lowest BCUT2D eigenvalue weighted by molar-refractivity contribution is 0.100. The highest BCUT2D eigenvalue weighted by atomic mass is 35.5. The second-order valence-electron chi connectivity index (χ2n) is 3.59. The fraction of sp³-hybridized carbons (Fsp3) is 0.778. The van der Waals surface area contributed by atoms with Crippen LogP contribution in [0.25, 0.3) is 0 Å². The van der Waals surface area contributed by atoms with Crippen LogP contribution in [0.2, 0.25) is 5.28 Å². The number of ether oxygens (including phenoxy) is 1. The van der Waals surface area contributed by atoms with Gasteiger partial charge in [0.05, 0.1) is 6.10 Å². The second-order valence-corrected chi connectivity index (χ2v) is 3.93. The van der Waals surface area contributed by atoms with E-state index in [1.807, 2.05) is 11.5 Å². The van der Waals surface area contributed by atoms with E-state index in [0.717, 1.165) is 25.4 Å². The van der Waals surface area contributed by atoms with Crippen LogP contribution >= 0.6 is 11.6 Å². The zero-order chi connectivity index (χ0) is 9.97. The second kappa shape index (κ2) is 4.28. The molecule has 1 unspecified atom stereocenters. The smallest absolute Gasteiger partial charge is 0.225 e. The molecule has 1 saturated heterocycles. The van der Waals surface area contributed by atoms with Gasteiger partial charge in [-0.15, -0.1) is 10.2 Å². The van der Waals surface area contributed by atoms with Crippen LogP contribution in [0.15, 0.2) is 0 Å². The molecule has 78 valence electrons. The lowest BCUT2D eigenvalue weighted by Crippen LogP contribution is -2.11. The van der Waals surface area contributed by atoms with Gasteiger partial charge in [0.15, 0.2) is 0 Å². The highest BCUT2D eigenvalue weighted by Crippen LogP contribution is 2.17. The van der Waals surface area contributed by atoms with E-state index in [1.54, 1.807) is 0 Å². The summed E-state index contributed by atoms with van der Waals surface area (Å²) in [6.45, 7) is 3.66. The van der Waals surface area contributed by atoms with Gasteiger partial charge in [0.2, 0.25) is 5.28 Å². The molecule has 1 aromatic rings.